The molecule has 2 aliphatic heterocycles. The Morgan fingerprint density at radius 3 is 3.04 bits per heavy atom. The summed E-state index contributed by atoms with van der Waals surface area (Å²) in [7, 11) is 0. The average Bonchev–Trinajstić information content (AvgIpc) is 2.88. The van der Waals surface area contributed by atoms with Crippen LogP contribution < -0.4 is 20.3 Å². The molecule has 3 rings (SSSR count). The lowest BCUT2D eigenvalue weighted by Crippen LogP contribution is -2.37. The van der Waals surface area contributed by atoms with Gasteiger partial charge in [-0.25, -0.2) is 9.18 Å². The van der Waals surface area contributed by atoms with E-state index in [2.05, 4.69) is 10.6 Å². The van der Waals surface area contributed by atoms with Crippen molar-refractivity contribution in [2.24, 2.45) is 0 Å². The maximum absolute atomic E-state index is 14.5. The molecule has 1 aromatic carbocycles. The summed E-state index contributed by atoms with van der Waals surface area (Å²) < 4.78 is 25.2. The molecule has 154 valence electrons. The molecule has 0 saturated carbocycles. The monoisotopic (exact) mass is 395 g/mol. The second-order valence-corrected chi connectivity index (χ2v) is 7.28. The highest BCUT2D eigenvalue weighted by Gasteiger charge is 2.33. The molecule has 0 aromatic heterocycles. The normalized spacial score (nSPS) is 25.2. The molecular weight excluding hydrogens is 369 g/mol. The minimum absolute atomic E-state index is 0.00942. The zero-order valence-corrected chi connectivity index (χ0v) is 15.9. The highest BCUT2D eigenvalue weighted by atomic mass is 19.1. The Kier molecular flexibility index (Phi) is 6.35. The van der Waals surface area contributed by atoms with E-state index in [1.54, 1.807) is 6.07 Å². The molecule has 3 N–H and O–H groups in total. The molecule has 1 unspecified atom stereocenters. The first-order chi connectivity index (χ1) is 13.4. The standard InChI is InChI=1S/C19H26FN3O5/c1-13(24)22-10-15-11-23(18(25)28-15)14-3-4-17(16(20)9-14)27-12-19(26)5-2-7-21-8-6-19/h3-4,9,15,21,26H,2,5-8,10-12H2,1H3,(H,22,24)/t15-,19?/m0/s1. The third-order valence-electron chi connectivity index (χ3n) is 4.94. The van der Waals surface area contributed by atoms with Gasteiger partial charge in [0.15, 0.2) is 11.6 Å². The third-order valence-corrected chi connectivity index (χ3v) is 4.94. The molecule has 1 aromatic rings. The topological polar surface area (TPSA) is 100 Å². The highest BCUT2D eigenvalue weighted by Crippen LogP contribution is 2.28. The van der Waals surface area contributed by atoms with Gasteiger partial charge in [0.1, 0.15) is 12.7 Å². The molecular formula is C19H26FN3O5. The van der Waals surface area contributed by atoms with Crippen molar-refractivity contribution < 1.29 is 28.6 Å². The predicted octanol–water partition coefficient (Wildman–Crippen LogP) is 1.17. The van der Waals surface area contributed by atoms with Crippen molar-refractivity contribution in [3.8, 4) is 5.75 Å². The van der Waals surface area contributed by atoms with E-state index in [0.29, 0.717) is 25.1 Å². The van der Waals surface area contributed by atoms with Crippen molar-refractivity contribution in [1.82, 2.24) is 10.6 Å². The first-order valence-corrected chi connectivity index (χ1v) is 9.44. The van der Waals surface area contributed by atoms with E-state index in [4.69, 9.17) is 9.47 Å². The summed E-state index contributed by atoms with van der Waals surface area (Å²) in [5, 5.41) is 16.4. The molecule has 0 spiro atoms. The van der Waals surface area contributed by atoms with Crippen molar-refractivity contribution in [3.63, 3.8) is 0 Å². The van der Waals surface area contributed by atoms with Crippen LogP contribution in [0.3, 0.4) is 0 Å². The predicted molar refractivity (Wildman–Crippen MR) is 99.9 cm³/mol. The lowest BCUT2D eigenvalue weighted by atomic mass is 9.96. The summed E-state index contributed by atoms with van der Waals surface area (Å²) in [5.74, 6) is -0.809. The Balaban J connectivity index is 1.60. The first-order valence-electron chi connectivity index (χ1n) is 9.44. The number of nitrogens with one attached hydrogen (secondary N) is 2. The Morgan fingerprint density at radius 1 is 1.46 bits per heavy atom. The summed E-state index contributed by atoms with van der Waals surface area (Å²) in [6.45, 7) is 3.35. The number of amides is 2. The minimum atomic E-state index is -0.982. The Bertz CT molecular complexity index is 722. The summed E-state index contributed by atoms with van der Waals surface area (Å²) in [6.07, 6.45) is 0.881. The van der Waals surface area contributed by atoms with Gasteiger partial charge in [-0.2, -0.15) is 0 Å². The number of ether oxygens (including phenoxy) is 2. The van der Waals surface area contributed by atoms with Crippen LogP contribution in [0.4, 0.5) is 14.9 Å². The number of carbonyl (C=O) groups excluding carboxylic acids is 2. The van der Waals surface area contributed by atoms with E-state index in [9.17, 15) is 19.1 Å². The van der Waals surface area contributed by atoms with Crippen molar-refractivity contribution in [2.75, 3.05) is 37.7 Å². The van der Waals surface area contributed by atoms with Gasteiger partial charge in [-0.15, -0.1) is 0 Å². The Morgan fingerprint density at radius 2 is 2.29 bits per heavy atom. The maximum Gasteiger partial charge on any atom is 0.414 e. The fourth-order valence-corrected chi connectivity index (χ4v) is 3.34. The fraction of sp³-hybridized carbons (Fsp3) is 0.579. The maximum atomic E-state index is 14.5. The number of carbonyl (C=O) groups is 2. The molecule has 28 heavy (non-hydrogen) atoms. The number of hydrogen-bond acceptors (Lipinski definition) is 6. The summed E-state index contributed by atoms with van der Waals surface area (Å²) in [6, 6.07) is 4.21. The van der Waals surface area contributed by atoms with Crippen LogP contribution in [0, 0.1) is 5.82 Å². The van der Waals surface area contributed by atoms with Gasteiger partial charge < -0.3 is 25.2 Å². The first kappa shape index (κ1) is 20.3. The van der Waals surface area contributed by atoms with E-state index < -0.39 is 23.6 Å². The van der Waals surface area contributed by atoms with Crippen molar-refractivity contribution in [1.29, 1.82) is 0 Å². The number of anilines is 1. The number of cyclic esters (lactones) is 1. The molecule has 2 amide bonds. The van der Waals surface area contributed by atoms with Gasteiger partial charge in [0, 0.05) is 13.0 Å². The number of nitrogens with zero attached hydrogens (tertiary/aromatic N) is 1. The van der Waals surface area contributed by atoms with Gasteiger partial charge >= 0.3 is 6.09 Å². The third kappa shape index (κ3) is 5.11. The fourth-order valence-electron chi connectivity index (χ4n) is 3.34. The van der Waals surface area contributed by atoms with Crippen LogP contribution in [0.5, 0.6) is 5.75 Å². The number of hydrogen-bond donors (Lipinski definition) is 3. The molecule has 0 aliphatic carbocycles. The number of benzene rings is 1. The van der Waals surface area contributed by atoms with Crippen molar-refractivity contribution in [2.45, 2.75) is 37.9 Å². The summed E-state index contributed by atoms with van der Waals surface area (Å²) >= 11 is 0. The quantitative estimate of drug-likeness (QED) is 0.669. The number of rotatable bonds is 6. The highest BCUT2D eigenvalue weighted by molar-refractivity contribution is 5.89. The molecule has 2 fully saturated rings. The zero-order chi connectivity index (χ0) is 20.1. The zero-order valence-electron chi connectivity index (χ0n) is 15.9. The second-order valence-electron chi connectivity index (χ2n) is 7.28. The van der Waals surface area contributed by atoms with Crippen LogP contribution in [0.2, 0.25) is 0 Å². The molecule has 8 nitrogen and oxygen atoms in total. The summed E-state index contributed by atoms with van der Waals surface area (Å²) in [4.78, 5) is 24.3. The number of aliphatic hydroxyl groups is 1. The molecule has 2 atom stereocenters. The second kappa shape index (κ2) is 8.74. The molecule has 9 heteroatoms. The van der Waals surface area contributed by atoms with Crippen molar-refractivity contribution >= 4 is 17.7 Å². The molecule has 2 heterocycles. The molecule has 2 aliphatic rings. The van der Waals surface area contributed by atoms with Crippen LogP contribution in [-0.4, -0.2) is 61.6 Å². The number of halogens is 1. The van der Waals surface area contributed by atoms with Gasteiger partial charge in [0.2, 0.25) is 5.91 Å². The van der Waals surface area contributed by atoms with Crippen molar-refractivity contribution in [3.05, 3.63) is 24.0 Å². The Hall–Kier alpha value is -2.39. The van der Waals surface area contributed by atoms with Crippen LogP contribution >= 0.6 is 0 Å². The Labute approximate surface area is 163 Å². The minimum Gasteiger partial charge on any atom is -0.488 e. The summed E-state index contributed by atoms with van der Waals surface area (Å²) in [5.41, 5.74) is -0.637. The molecule has 2 saturated heterocycles. The largest absolute Gasteiger partial charge is 0.488 e. The van der Waals surface area contributed by atoms with Crippen LogP contribution in [-0.2, 0) is 9.53 Å². The van der Waals surface area contributed by atoms with Crippen LogP contribution in [0.15, 0.2) is 18.2 Å². The van der Waals surface area contributed by atoms with Gasteiger partial charge in [-0.05, 0) is 44.5 Å². The lowest BCUT2D eigenvalue weighted by molar-refractivity contribution is -0.119. The molecule has 0 radical (unpaired) electrons. The van der Waals surface area contributed by atoms with Gasteiger partial charge in [-0.3, -0.25) is 9.69 Å². The van der Waals surface area contributed by atoms with E-state index in [1.807, 2.05) is 0 Å². The van der Waals surface area contributed by atoms with Gasteiger partial charge in [0.25, 0.3) is 0 Å². The lowest BCUT2D eigenvalue weighted by Gasteiger charge is -2.26. The van der Waals surface area contributed by atoms with E-state index >= 15 is 0 Å². The molecule has 0 bridgehead atoms. The van der Waals surface area contributed by atoms with Gasteiger partial charge in [-0.1, -0.05) is 0 Å². The smallest absolute Gasteiger partial charge is 0.414 e. The van der Waals surface area contributed by atoms with Gasteiger partial charge in [0.05, 0.1) is 24.4 Å². The van der Waals surface area contributed by atoms with E-state index in [-0.39, 0.29) is 31.4 Å². The van der Waals surface area contributed by atoms with Crippen LogP contribution in [0.1, 0.15) is 26.2 Å². The van der Waals surface area contributed by atoms with Crippen LogP contribution in [0.25, 0.3) is 0 Å². The van der Waals surface area contributed by atoms with E-state index in [1.165, 1.54) is 24.0 Å². The van der Waals surface area contributed by atoms with E-state index in [0.717, 1.165) is 13.0 Å². The average molecular weight is 395 g/mol. The SMILES string of the molecule is CC(=O)NC[C@H]1CN(c2ccc(OCC3(O)CCCNCC3)c(F)c2)C(=O)O1.